The molecule has 0 amide bonds. The maximum absolute atomic E-state index is 14.0. The van der Waals surface area contributed by atoms with Gasteiger partial charge in [0.05, 0.1) is 13.2 Å². The summed E-state index contributed by atoms with van der Waals surface area (Å²) in [5.41, 5.74) is 0. The van der Waals surface area contributed by atoms with E-state index in [1.54, 1.807) is 0 Å². The Hall–Kier alpha value is 0.530. The predicted molar refractivity (Wildman–Crippen MR) is 152 cm³/mol. The van der Waals surface area contributed by atoms with E-state index in [4.69, 9.17) is 25.8 Å². The Labute approximate surface area is 276 Å². The van der Waals surface area contributed by atoms with Crippen LogP contribution in [-0.4, -0.2) is 71.2 Å². The van der Waals surface area contributed by atoms with Gasteiger partial charge in [-0.05, 0) is 67.5 Å². The van der Waals surface area contributed by atoms with Gasteiger partial charge in [0.15, 0.2) is 6.29 Å². The maximum Gasteiger partial charge on any atom is 0.460 e. The van der Waals surface area contributed by atoms with Crippen LogP contribution in [0, 0.1) is 0 Å². The van der Waals surface area contributed by atoms with E-state index in [1.807, 2.05) is 29.5 Å². The first-order valence-corrected chi connectivity index (χ1v) is 16.6. The van der Waals surface area contributed by atoms with Crippen molar-refractivity contribution in [2.24, 2.45) is 0 Å². The molecule has 0 fully saturated rings. The minimum atomic E-state index is -7.61. The van der Waals surface area contributed by atoms with Gasteiger partial charge in [-0.2, -0.15) is 58.1 Å². The van der Waals surface area contributed by atoms with Crippen LogP contribution < -0.4 is 0 Å². The molecule has 0 saturated carbocycles. The Bertz CT molecular complexity index is 756. The van der Waals surface area contributed by atoms with Crippen LogP contribution in [0.25, 0.3) is 0 Å². The SMILES string of the molecule is CCCCCOC(CCCC(I)(OCCCCCCl)OCCCCCBr)OOC(F)(F)C(F)(F)C(F)(F)C(F)(F)C(F)(F)F. The molecule has 2 atom stereocenters. The van der Waals surface area contributed by atoms with E-state index in [0.29, 0.717) is 44.6 Å². The number of hydrogen-bond acceptors (Lipinski definition) is 5. The smallest absolute Gasteiger partial charge is 0.350 e. The topological polar surface area (TPSA) is 46.2 Å². The van der Waals surface area contributed by atoms with Gasteiger partial charge in [0.2, 0.25) is 3.79 Å². The fourth-order valence-corrected chi connectivity index (χ4v) is 4.72. The Morgan fingerprint density at radius 1 is 0.682 bits per heavy atom. The zero-order valence-corrected chi connectivity index (χ0v) is 28.4. The molecule has 266 valence electrons. The Morgan fingerprint density at radius 2 is 1.23 bits per heavy atom. The van der Waals surface area contributed by atoms with Gasteiger partial charge in [0.1, 0.15) is 0 Å². The summed E-state index contributed by atoms with van der Waals surface area (Å²) >= 11 is 10.9. The van der Waals surface area contributed by atoms with Crippen LogP contribution in [0.3, 0.4) is 0 Å². The van der Waals surface area contributed by atoms with Crippen molar-refractivity contribution in [1.29, 1.82) is 0 Å². The van der Waals surface area contributed by atoms with E-state index in [0.717, 1.165) is 31.0 Å². The van der Waals surface area contributed by atoms with Crippen molar-refractivity contribution in [2.45, 2.75) is 124 Å². The number of rotatable bonds is 27. The summed E-state index contributed by atoms with van der Waals surface area (Å²) in [4.78, 5) is 7.25. The number of halogens is 14. The minimum Gasteiger partial charge on any atom is -0.350 e. The van der Waals surface area contributed by atoms with Crippen LogP contribution in [0.2, 0.25) is 0 Å². The molecule has 5 nitrogen and oxygen atoms in total. The van der Waals surface area contributed by atoms with E-state index in [9.17, 15) is 48.3 Å². The number of hydrogen-bond donors (Lipinski definition) is 0. The third-order valence-electron chi connectivity index (χ3n) is 5.93. The molecule has 0 aromatic carbocycles. The van der Waals surface area contributed by atoms with E-state index < -0.39 is 46.6 Å². The van der Waals surface area contributed by atoms with Crippen LogP contribution in [0.5, 0.6) is 0 Å². The summed E-state index contributed by atoms with van der Waals surface area (Å²) in [6.45, 7) is 2.19. The van der Waals surface area contributed by atoms with Gasteiger partial charge in [-0.1, -0.05) is 42.1 Å². The molecular weight excluding hydrogens is 832 g/mol. The second kappa shape index (κ2) is 20.8. The highest BCUT2D eigenvalue weighted by atomic mass is 127. The molecule has 2 unspecified atom stereocenters. The van der Waals surface area contributed by atoms with E-state index in [2.05, 4.69) is 25.7 Å². The summed E-state index contributed by atoms with van der Waals surface area (Å²) < 4.78 is 162. The molecule has 44 heavy (non-hydrogen) atoms. The molecule has 0 aliphatic carbocycles. The zero-order chi connectivity index (χ0) is 34.1. The van der Waals surface area contributed by atoms with Crippen molar-refractivity contribution in [1.82, 2.24) is 0 Å². The molecule has 0 bridgehead atoms. The molecule has 0 saturated heterocycles. The molecule has 0 radical (unpaired) electrons. The molecule has 0 rings (SSSR count). The van der Waals surface area contributed by atoms with Crippen molar-refractivity contribution in [2.75, 3.05) is 31.0 Å². The summed E-state index contributed by atoms with van der Waals surface area (Å²) in [5, 5.41) is 0.800. The van der Waals surface area contributed by atoms with E-state index in [-0.39, 0.29) is 26.1 Å². The lowest BCUT2D eigenvalue weighted by Crippen LogP contribution is -2.67. The molecule has 0 aliphatic rings. The normalized spacial score (nSPS) is 15.9. The van der Waals surface area contributed by atoms with Crippen molar-refractivity contribution in [3.8, 4) is 0 Å². The highest BCUT2D eigenvalue weighted by Crippen LogP contribution is 2.57. The van der Waals surface area contributed by atoms with Crippen molar-refractivity contribution >= 4 is 50.1 Å². The number of alkyl halides is 14. The first kappa shape index (κ1) is 44.5. The van der Waals surface area contributed by atoms with Crippen LogP contribution in [0.15, 0.2) is 0 Å². The van der Waals surface area contributed by atoms with Gasteiger partial charge in [-0.3, -0.25) is 0 Å². The fourth-order valence-electron chi connectivity index (χ4n) is 3.31. The first-order chi connectivity index (χ1) is 20.3. The standard InChI is InChI=1S/C25H38BrClF11IO5/c1-2-3-8-16-40-19(43-44-25(37,38)23(32,33)21(28,29)22(30,31)24(34,35)36)12-11-13-20(39,41-17-9-4-6-14-26)42-18-10-5-7-15-27/h19H,2-18H2,1H3. The molecule has 19 heteroatoms. The van der Waals surface area contributed by atoms with Gasteiger partial charge >= 0.3 is 30.1 Å². The maximum atomic E-state index is 14.0. The summed E-state index contributed by atoms with van der Waals surface area (Å²) in [6.07, 6.45) is -9.97. The van der Waals surface area contributed by atoms with Gasteiger partial charge in [-0.25, -0.2) is 0 Å². The van der Waals surface area contributed by atoms with Gasteiger partial charge in [0, 0.05) is 30.7 Å². The predicted octanol–water partition coefficient (Wildman–Crippen LogP) is 10.8. The molecule has 0 aliphatic heterocycles. The number of ether oxygens (including phenoxy) is 3. The second-order valence-corrected chi connectivity index (χ2v) is 12.5. The summed E-state index contributed by atoms with van der Waals surface area (Å²) in [6, 6.07) is 0. The van der Waals surface area contributed by atoms with Crippen LogP contribution in [0.1, 0.15) is 84.0 Å². The van der Waals surface area contributed by atoms with E-state index >= 15 is 0 Å². The Kier molecular flexibility index (Phi) is 21.0. The Balaban J connectivity index is 5.56. The number of unbranched alkanes of at least 4 members (excludes halogenated alkanes) is 6. The highest BCUT2D eigenvalue weighted by molar-refractivity contribution is 14.1. The van der Waals surface area contributed by atoms with Gasteiger partial charge in [0.25, 0.3) is 0 Å². The zero-order valence-electron chi connectivity index (χ0n) is 23.9. The minimum absolute atomic E-state index is 0.0158. The van der Waals surface area contributed by atoms with Gasteiger partial charge in [-0.15, -0.1) is 11.6 Å². The second-order valence-electron chi connectivity index (χ2n) is 9.67. The lowest BCUT2D eigenvalue weighted by Gasteiger charge is -2.36. The summed E-state index contributed by atoms with van der Waals surface area (Å²) in [5.74, 6) is -22.0. The van der Waals surface area contributed by atoms with Crippen LogP contribution in [0.4, 0.5) is 48.3 Å². The molecule has 0 spiro atoms. The summed E-state index contributed by atoms with van der Waals surface area (Å²) in [7, 11) is 0. The third-order valence-corrected chi connectivity index (χ3v) is 7.92. The van der Waals surface area contributed by atoms with Gasteiger partial charge < -0.3 is 14.2 Å². The quantitative estimate of drug-likeness (QED) is 0.0157. The average Bonchev–Trinajstić information content (AvgIpc) is 2.92. The largest absolute Gasteiger partial charge is 0.460 e. The third kappa shape index (κ3) is 14.3. The van der Waals surface area contributed by atoms with Crippen LogP contribution >= 0.6 is 50.1 Å². The Morgan fingerprint density at radius 3 is 1.73 bits per heavy atom. The average molecular weight is 870 g/mol. The van der Waals surface area contributed by atoms with Crippen molar-refractivity contribution in [3.63, 3.8) is 0 Å². The fraction of sp³-hybridized carbons (Fsp3) is 1.00. The first-order valence-electron chi connectivity index (χ1n) is 13.9. The highest BCUT2D eigenvalue weighted by Gasteiger charge is 2.88. The van der Waals surface area contributed by atoms with Crippen LogP contribution in [-0.2, 0) is 24.0 Å². The monoisotopic (exact) mass is 868 g/mol. The molecule has 0 heterocycles. The molecule has 0 aromatic rings. The molecule has 0 N–H and O–H groups in total. The molecular formula is C25H38BrClF11IO5. The van der Waals surface area contributed by atoms with E-state index in [1.165, 1.54) is 0 Å². The lowest BCUT2D eigenvalue weighted by atomic mass is 10.0. The molecule has 0 aromatic heterocycles. The van der Waals surface area contributed by atoms with Crippen molar-refractivity contribution in [3.05, 3.63) is 0 Å². The lowest BCUT2D eigenvalue weighted by molar-refractivity contribution is -0.543. The van der Waals surface area contributed by atoms with Crippen molar-refractivity contribution < 1.29 is 72.3 Å².